The van der Waals surface area contributed by atoms with E-state index in [0.717, 1.165) is 0 Å². The van der Waals surface area contributed by atoms with Gasteiger partial charge in [0.05, 0.1) is 24.4 Å². The summed E-state index contributed by atoms with van der Waals surface area (Å²) in [7, 11) is 0. The van der Waals surface area contributed by atoms with E-state index in [0.29, 0.717) is 29.1 Å². The van der Waals surface area contributed by atoms with Crippen LogP contribution in [-0.2, 0) is 4.84 Å². The van der Waals surface area contributed by atoms with Gasteiger partial charge in [0.2, 0.25) is 0 Å². The second kappa shape index (κ2) is 8.63. The van der Waals surface area contributed by atoms with Crippen molar-refractivity contribution < 1.29 is 28.2 Å². The molecule has 12 heteroatoms. The molecule has 2 heterocycles. The number of aromatic nitrogens is 3. The summed E-state index contributed by atoms with van der Waals surface area (Å²) < 4.78 is 40.3. The molecule has 8 nitrogen and oxygen atoms in total. The van der Waals surface area contributed by atoms with Crippen LogP contribution >= 0.6 is 11.8 Å². The Balaban J connectivity index is 1.65. The van der Waals surface area contributed by atoms with Crippen molar-refractivity contribution in [2.45, 2.75) is 35.1 Å². The van der Waals surface area contributed by atoms with Crippen molar-refractivity contribution in [2.24, 2.45) is 11.8 Å². The van der Waals surface area contributed by atoms with Crippen LogP contribution < -0.4 is 11.2 Å². The van der Waals surface area contributed by atoms with Crippen molar-refractivity contribution in [3.8, 4) is 11.3 Å². The van der Waals surface area contributed by atoms with E-state index >= 15 is 0 Å². The van der Waals surface area contributed by atoms with Crippen molar-refractivity contribution in [2.75, 3.05) is 11.9 Å². The Labute approximate surface area is 179 Å². The fraction of sp³-hybridized carbons (Fsp3) is 0.368. The fourth-order valence-electron chi connectivity index (χ4n) is 3.77. The molecule has 0 radical (unpaired) electrons. The van der Waals surface area contributed by atoms with E-state index in [1.54, 1.807) is 24.3 Å². The molecule has 3 aromatic rings. The number of fused-ring (bicyclic) bond motifs is 1. The zero-order chi connectivity index (χ0) is 22.2. The SMILES string of the molecule is NOC[C@H]1C[C@@H](Nc2ccnc3cc(-c4ccccc4SC(F)(F)F)nn23)[C@H](O)[C@@H]1O. The van der Waals surface area contributed by atoms with Gasteiger partial charge in [0.15, 0.2) is 5.65 Å². The van der Waals surface area contributed by atoms with Gasteiger partial charge in [-0.2, -0.15) is 22.8 Å². The van der Waals surface area contributed by atoms with Crippen LogP contribution in [0.5, 0.6) is 0 Å². The van der Waals surface area contributed by atoms with Gasteiger partial charge >= 0.3 is 5.51 Å². The van der Waals surface area contributed by atoms with Crippen molar-refractivity contribution in [1.29, 1.82) is 0 Å². The van der Waals surface area contributed by atoms with Crippen LogP contribution in [0.3, 0.4) is 0 Å². The van der Waals surface area contributed by atoms with Gasteiger partial charge in [-0.3, -0.25) is 0 Å². The molecule has 31 heavy (non-hydrogen) atoms. The Hall–Kier alpha value is -2.38. The number of anilines is 1. The van der Waals surface area contributed by atoms with Gasteiger partial charge < -0.3 is 20.4 Å². The Morgan fingerprint density at radius 3 is 2.74 bits per heavy atom. The average Bonchev–Trinajstić information content (AvgIpc) is 3.25. The summed E-state index contributed by atoms with van der Waals surface area (Å²) in [4.78, 5) is 8.87. The van der Waals surface area contributed by atoms with Crippen LogP contribution in [0.25, 0.3) is 16.9 Å². The maximum Gasteiger partial charge on any atom is 0.446 e. The van der Waals surface area contributed by atoms with Crippen molar-refractivity contribution in [3.63, 3.8) is 0 Å². The molecule has 1 fully saturated rings. The van der Waals surface area contributed by atoms with Gasteiger partial charge in [0.25, 0.3) is 0 Å². The van der Waals surface area contributed by atoms with Crippen LogP contribution in [0.15, 0.2) is 47.5 Å². The molecule has 1 aliphatic rings. The molecule has 0 unspecified atom stereocenters. The largest absolute Gasteiger partial charge is 0.446 e. The number of rotatable bonds is 6. The summed E-state index contributed by atoms with van der Waals surface area (Å²) in [5, 5.41) is 28.1. The molecule has 0 bridgehead atoms. The number of nitrogens with two attached hydrogens (primary N) is 1. The molecule has 1 aliphatic carbocycles. The molecular formula is C19H20F3N5O3S. The van der Waals surface area contributed by atoms with E-state index in [1.165, 1.54) is 22.8 Å². The van der Waals surface area contributed by atoms with Gasteiger partial charge in [-0.1, -0.05) is 18.2 Å². The lowest BCUT2D eigenvalue weighted by molar-refractivity contribution is -0.0328. The molecule has 0 aliphatic heterocycles. The van der Waals surface area contributed by atoms with Gasteiger partial charge in [-0.25, -0.2) is 10.9 Å². The number of alkyl halides is 3. The maximum absolute atomic E-state index is 12.9. The molecule has 4 atom stereocenters. The average molecular weight is 455 g/mol. The van der Waals surface area contributed by atoms with Crippen LogP contribution in [0.1, 0.15) is 6.42 Å². The molecule has 4 rings (SSSR count). The zero-order valence-electron chi connectivity index (χ0n) is 16.0. The quantitative estimate of drug-likeness (QED) is 0.331. The van der Waals surface area contributed by atoms with E-state index < -0.39 is 23.8 Å². The third-order valence-electron chi connectivity index (χ3n) is 5.19. The zero-order valence-corrected chi connectivity index (χ0v) is 16.8. The number of hydrogen-bond donors (Lipinski definition) is 4. The number of hydrogen-bond acceptors (Lipinski definition) is 8. The molecule has 0 spiro atoms. The highest BCUT2D eigenvalue weighted by Gasteiger charge is 2.41. The van der Waals surface area contributed by atoms with Crippen LogP contribution in [0, 0.1) is 5.92 Å². The lowest BCUT2D eigenvalue weighted by Crippen LogP contribution is -2.36. The lowest BCUT2D eigenvalue weighted by atomic mass is 10.1. The number of nitrogens with one attached hydrogen (secondary N) is 1. The summed E-state index contributed by atoms with van der Waals surface area (Å²) in [6.45, 7) is 0.0989. The standard InChI is InChI=1S/C19H20F3N5O3S/c20-19(21,22)31-14-4-2-1-3-11(14)12-8-16-24-6-5-15(27(16)26-12)25-13-7-10(9-30-23)17(28)18(13)29/h1-6,8,10,13,17-18,25,28-29H,7,9,23H2/t10-,13-,17-,18+/m1/s1. The molecular weight excluding hydrogens is 435 g/mol. The third kappa shape index (κ3) is 4.62. The lowest BCUT2D eigenvalue weighted by Gasteiger charge is -2.19. The molecule has 1 saturated carbocycles. The Kier molecular flexibility index (Phi) is 6.08. The van der Waals surface area contributed by atoms with E-state index in [2.05, 4.69) is 20.2 Å². The van der Waals surface area contributed by atoms with E-state index in [4.69, 9.17) is 5.90 Å². The maximum atomic E-state index is 12.9. The van der Waals surface area contributed by atoms with Gasteiger partial charge in [0, 0.05) is 28.6 Å². The number of aliphatic hydroxyl groups is 2. The first-order valence-corrected chi connectivity index (χ1v) is 10.2. The Morgan fingerprint density at radius 2 is 2.00 bits per heavy atom. The smallest absolute Gasteiger partial charge is 0.390 e. The van der Waals surface area contributed by atoms with Crippen molar-refractivity contribution >= 4 is 23.2 Å². The summed E-state index contributed by atoms with van der Waals surface area (Å²) in [5.41, 5.74) is -3.35. The van der Waals surface area contributed by atoms with E-state index in [1.807, 2.05) is 0 Å². The van der Waals surface area contributed by atoms with Gasteiger partial charge in [-0.15, -0.1) is 0 Å². The van der Waals surface area contributed by atoms with Crippen molar-refractivity contribution in [1.82, 2.24) is 14.6 Å². The normalized spacial score (nSPS) is 24.1. The predicted octanol–water partition coefficient (Wildman–Crippen LogP) is 2.42. The molecule has 0 amide bonds. The molecule has 2 aromatic heterocycles. The highest BCUT2D eigenvalue weighted by molar-refractivity contribution is 8.00. The van der Waals surface area contributed by atoms with Gasteiger partial charge in [-0.05, 0) is 30.3 Å². The summed E-state index contributed by atoms with van der Waals surface area (Å²) in [6.07, 6.45) is -0.125. The number of benzene rings is 1. The summed E-state index contributed by atoms with van der Waals surface area (Å²) in [6, 6.07) is 8.85. The topological polar surface area (TPSA) is 118 Å². The number of nitrogens with zero attached hydrogens (tertiary/aromatic N) is 3. The van der Waals surface area contributed by atoms with E-state index in [9.17, 15) is 23.4 Å². The minimum atomic E-state index is -4.43. The first kappa shape index (κ1) is 21.8. The molecule has 1 aromatic carbocycles. The second-order valence-corrected chi connectivity index (χ2v) is 8.34. The molecule has 5 N–H and O–H groups in total. The number of halogens is 3. The van der Waals surface area contributed by atoms with Crippen molar-refractivity contribution in [3.05, 3.63) is 42.6 Å². The summed E-state index contributed by atoms with van der Waals surface area (Å²) in [5.74, 6) is 5.23. The minimum Gasteiger partial charge on any atom is -0.390 e. The van der Waals surface area contributed by atoms with E-state index in [-0.39, 0.29) is 29.2 Å². The van der Waals surface area contributed by atoms with Crippen LogP contribution in [0.4, 0.5) is 19.0 Å². The highest BCUT2D eigenvalue weighted by atomic mass is 32.2. The third-order valence-corrected chi connectivity index (χ3v) is 6.00. The minimum absolute atomic E-state index is 0.0341. The fourth-order valence-corrected chi connectivity index (χ4v) is 4.45. The molecule has 166 valence electrons. The first-order chi connectivity index (χ1) is 14.8. The summed E-state index contributed by atoms with van der Waals surface area (Å²) >= 11 is -0.200. The second-order valence-electron chi connectivity index (χ2n) is 7.23. The molecule has 0 saturated heterocycles. The number of thioether (sulfide) groups is 1. The monoisotopic (exact) mass is 455 g/mol. The van der Waals surface area contributed by atoms with Crippen LogP contribution in [-0.4, -0.2) is 55.2 Å². The predicted molar refractivity (Wildman–Crippen MR) is 108 cm³/mol. The highest BCUT2D eigenvalue weighted by Crippen LogP contribution is 2.41. The van der Waals surface area contributed by atoms with Gasteiger partial charge in [0.1, 0.15) is 11.9 Å². The number of aliphatic hydroxyl groups excluding tert-OH is 2. The Bertz CT molecular complexity index is 1060. The first-order valence-electron chi connectivity index (χ1n) is 9.41. The van der Waals surface area contributed by atoms with Crippen LogP contribution in [0.2, 0.25) is 0 Å². The Morgan fingerprint density at radius 1 is 1.23 bits per heavy atom.